The highest BCUT2D eigenvalue weighted by atomic mass is 16.5. The van der Waals surface area contributed by atoms with Gasteiger partial charge < -0.3 is 20.1 Å². The molecule has 3 N–H and O–H groups in total. The number of aliphatic hydroxyl groups excluding tert-OH is 1. The van der Waals surface area contributed by atoms with E-state index >= 15 is 0 Å². The molecule has 8 nitrogen and oxygen atoms in total. The molecule has 8 heteroatoms. The molecule has 3 rings (SSSR count). The van der Waals surface area contributed by atoms with Crippen LogP contribution in [0.2, 0.25) is 0 Å². The second kappa shape index (κ2) is 8.32. The van der Waals surface area contributed by atoms with Gasteiger partial charge in [0.25, 0.3) is 5.91 Å². The first-order chi connectivity index (χ1) is 13.8. The van der Waals surface area contributed by atoms with Gasteiger partial charge in [0.2, 0.25) is 0 Å². The SMILES string of the molecule is Cc1cc(NC(=O)COC(=O)c2[nH]c(C)c([C@H](C)O)c2C)n(-c2ccccc2)n1. The van der Waals surface area contributed by atoms with Gasteiger partial charge in [-0.15, -0.1) is 0 Å². The van der Waals surface area contributed by atoms with Gasteiger partial charge in [-0.2, -0.15) is 5.10 Å². The first kappa shape index (κ1) is 20.3. The summed E-state index contributed by atoms with van der Waals surface area (Å²) in [6.07, 6.45) is -0.711. The van der Waals surface area contributed by atoms with Crippen molar-refractivity contribution in [2.75, 3.05) is 11.9 Å². The number of hydrogen-bond acceptors (Lipinski definition) is 5. The summed E-state index contributed by atoms with van der Waals surface area (Å²) in [6, 6.07) is 11.1. The summed E-state index contributed by atoms with van der Waals surface area (Å²) in [5.41, 5.74) is 3.73. The highest BCUT2D eigenvalue weighted by molar-refractivity contribution is 5.95. The van der Waals surface area contributed by atoms with E-state index in [9.17, 15) is 14.7 Å². The molecule has 152 valence electrons. The number of carbonyl (C=O) groups excluding carboxylic acids is 2. The van der Waals surface area contributed by atoms with Crippen molar-refractivity contribution < 1.29 is 19.4 Å². The lowest BCUT2D eigenvalue weighted by Crippen LogP contribution is -2.22. The number of benzene rings is 1. The molecular weight excluding hydrogens is 372 g/mol. The van der Waals surface area contributed by atoms with E-state index in [4.69, 9.17) is 4.74 Å². The van der Waals surface area contributed by atoms with E-state index in [-0.39, 0.29) is 5.69 Å². The number of ether oxygens (including phenoxy) is 1. The minimum absolute atomic E-state index is 0.233. The van der Waals surface area contributed by atoms with Gasteiger partial charge in [0, 0.05) is 17.3 Å². The molecule has 0 saturated carbocycles. The van der Waals surface area contributed by atoms with Crippen LogP contribution in [-0.4, -0.2) is 38.4 Å². The first-order valence-corrected chi connectivity index (χ1v) is 9.24. The topological polar surface area (TPSA) is 109 Å². The Bertz CT molecular complexity index is 1030. The average molecular weight is 396 g/mol. The van der Waals surface area contributed by atoms with E-state index < -0.39 is 24.6 Å². The predicted molar refractivity (Wildman–Crippen MR) is 108 cm³/mol. The lowest BCUT2D eigenvalue weighted by Gasteiger charge is -2.09. The van der Waals surface area contributed by atoms with Gasteiger partial charge in [-0.3, -0.25) is 4.79 Å². The lowest BCUT2D eigenvalue weighted by atomic mass is 10.1. The first-order valence-electron chi connectivity index (χ1n) is 9.24. The van der Waals surface area contributed by atoms with Crippen LogP contribution in [0.15, 0.2) is 36.4 Å². The molecule has 0 aliphatic rings. The number of para-hydroxylation sites is 1. The lowest BCUT2D eigenvalue weighted by molar-refractivity contribution is -0.119. The van der Waals surface area contributed by atoms with Gasteiger partial charge in [-0.05, 0) is 45.4 Å². The molecular formula is C21H24N4O4. The zero-order valence-electron chi connectivity index (χ0n) is 16.8. The largest absolute Gasteiger partial charge is 0.451 e. The fourth-order valence-electron chi connectivity index (χ4n) is 3.33. The molecule has 29 heavy (non-hydrogen) atoms. The van der Waals surface area contributed by atoms with E-state index in [0.717, 1.165) is 11.4 Å². The van der Waals surface area contributed by atoms with Gasteiger partial charge in [-0.25, -0.2) is 9.48 Å². The van der Waals surface area contributed by atoms with Crippen LogP contribution in [0.4, 0.5) is 5.82 Å². The summed E-state index contributed by atoms with van der Waals surface area (Å²) in [7, 11) is 0. The molecule has 0 bridgehead atoms. The van der Waals surface area contributed by atoms with Crippen LogP contribution in [0.5, 0.6) is 0 Å². The fourth-order valence-corrected chi connectivity index (χ4v) is 3.33. The molecule has 0 aliphatic carbocycles. The Labute approximate surface area is 168 Å². The third kappa shape index (κ3) is 4.38. The van der Waals surface area contributed by atoms with Gasteiger partial charge >= 0.3 is 5.97 Å². The van der Waals surface area contributed by atoms with E-state index in [2.05, 4.69) is 15.4 Å². The number of amides is 1. The van der Waals surface area contributed by atoms with Crippen molar-refractivity contribution in [2.45, 2.75) is 33.8 Å². The maximum Gasteiger partial charge on any atom is 0.355 e. The zero-order valence-corrected chi connectivity index (χ0v) is 16.8. The molecule has 3 aromatic rings. The number of rotatable bonds is 6. The molecule has 0 radical (unpaired) electrons. The number of esters is 1. The second-order valence-corrected chi connectivity index (χ2v) is 6.88. The van der Waals surface area contributed by atoms with Crippen LogP contribution in [-0.2, 0) is 9.53 Å². The van der Waals surface area contributed by atoms with Crippen molar-refractivity contribution in [2.24, 2.45) is 0 Å². The van der Waals surface area contributed by atoms with Crippen LogP contribution in [0, 0.1) is 20.8 Å². The second-order valence-electron chi connectivity index (χ2n) is 6.88. The van der Waals surface area contributed by atoms with Gasteiger partial charge in [0.05, 0.1) is 17.5 Å². The Kier molecular flexibility index (Phi) is 5.84. The maximum atomic E-state index is 12.4. The zero-order chi connectivity index (χ0) is 21.1. The Balaban J connectivity index is 1.67. The van der Waals surface area contributed by atoms with Crippen molar-refractivity contribution >= 4 is 17.7 Å². The van der Waals surface area contributed by atoms with Crippen molar-refractivity contribution in [3.63, 3.8) is 0 Å². The number of nitrogens with zero attached hydrogens (tertiary/aromatic N) is 2. The van der Waals surface area contributed by atoms with Crippen LogP contribution >= 0.6 is 0 Å². The number of H-pyrrole nitrogens is 1. The van der Waals surface area contributed by atoms with Crippen molar-refractivity contribution in [1.82, 2.24) is 14.8 Å². The number of aromatic nitrogens is 3. The molecule has 0 spiro atoms. The van der Waals surface area contributed by atoms with Crippen LogP contribution in [0.3, 0.4) is 0 Å². The molecule has 0 fully saturated rings. The van der Waals surface area contributed by atoms with E-state index in [0.29, 0.717) is 22.6 Å². The highest BCUT2D eigenvalue weighted by Gasteiger charge is 2.22. The summed E-state index contributed by atoms with van der Waals surface area (Å²) >= 11 is 0. The Morgan fingerprint density at radius 3 is 2.55 bits per heavy atom. The number of aromatic amines is 1. The number of anilines is 1. The molecule has 2 heterocycles. The Morgan fingerprint density at radius 1 is 1.24 bits per heavy atom. The molecule has 0 aliphatic heterocycles. The van der Waals surface area contributed by atoms with E-state index in [1.807, 2.05) is 37.3 Å². The van der Waals surface area contributed by atoms with Gasteiger partial charge in [0.15, 0.2) is 6.61 Å². The Morgan fingerprint density at radius 2 is 1.93 bits per heavy atom. The van der Waals surface area contributed by atoms with Crippen molar-refractivity contribution in [3.8, 4) is 5.69 Å². The normalized spacial score (nSPS) is 11.9. The molecule has 1 aromatic carbocycles. The molecule has 0 saturated heterocycles. The maximum absolute atomic E-state index is 12.4. The molecule has 0 unspecified atom stereocenters. The van der Waals surface area contributed by atoms with Gasteiger partial charge in [-0.1, -0.05) is 18.2 Å². The highest BCUT2D eigenvalue weighted by Crippen LogP contribution is 2.25. The molecule has 2 aromatic heterocycles. The van der Waals surface area contributed by atoms with Crippen molar-refractivity contribution in [1.29, 1.82) is 0 Å². The minimum Gasteiger partial charge on any atom is -0.451 e. The predicted octanol–water partition coefficient (Wildman–Crippen LogP) is 2.97. The standard InChI is InChI=1S/C21H24N4O4/c1-12-10-17(25(24-12)16-8-6-5-7-9-16)23-18(27)11-29-21(28)20-13(2)19(15(4)26)14(3)22-20/h5-10,15,22,26H,11H2,1-4H3,(H,23,27)/t15-/m0/s1. The summed E-state index contributed by atoms with van der Waals surface area (Å²) in [5.74, 6) is -0.648. The molecule has 1 atom stereocenters. The average Bonchev–Trinajstić information content (AvgIpc) is 3.19. The van der Waals surface area contributed by atoms with Crippen molar-refractivity contribution in [3.05, 3.63) is 64.6 Å². The number of aryl methyl sites for hydroxylation is 2. The minimum atomic E-state index is -0.711. The third-order valence-corrected chi connectivity index (χ3v) is 4.55. The van der Waals surface area contributed by atoms with Crippen LogP contribution in [0.1, 0.15) is 46.0 Å². The summed E-state index contributed by atoms with van der Waals surface area (Å²) in [6.45, 7) is 6.50. The molecule has 1 amide bonds. The number of hydrogen-bond donors (Lipinski definition) is 3. The summed E-state index contributed by atoms with van der Waals surface area (Å²) in [5, 5.41) is 16.9. The van der Waals surface area contributed by atoms with Gasteiger partial charge in [0.1, 0.15) is 11.5 Å². The summed E-state index contributed by atoms with van der Waals surface area (Å²) in [4.78, 5) is 27.6. The number of carbonyl (C=O) groups is 2. The van der Waals surface area contributed by atoms with Crippen LogP contribution in [0.25, 0.3) is 5.69 Å². The monoisotopic (exact) mass is 396 g/mol. The smallest absolute Gasteiger partial charge is 0.355 e. The van der Waals surface area contributed by atoms with Crippen LogP contribution < -0.4 is 5.32 Å². The number of nitrogens with one attached hydrogen (secondary N) is 2. The Hall–Kier alpha value is -3.39. The van der Waals surface area contributed by atoms with E-state index in [1.54, 1.807) is 31.5 Å². The third-order valence-electron chi connectivity index (χ3n) is 4.55. The van der Waals surface area contributed by atoms with E-state index in [1.165, 1.54) is 0 Å². The quantitative estimate of drug-likeness (QED) is 0.555. The number of aliphatic hydroxyl groups is 1. The summed E-state index contributed by atoms with van der Waals surface area (Å²) < 4.78 is 6.76. The fraction of sp³-hybridized carbons (Fsp3) is 0.286.